The Hall–Kier alpha value is -0.790. The number of halogens is 3. The average molecular weight is 326 g/mol. The van der Waals surface area contributed by atoms with Crippen LogP contribution >= 0.6 is 23.7 Å². The molecular weight excluding hydrogens is 308 g/mol. The smallest absolute Gasteiger partial charge is 0.262 e. The summed E-state index contributed by atoms with van der Waals surface area (Å²) in [5, 5.41) is 5.44. The van der Waals surface area contributed by atoms with Gasteiger partial charge in [0.05, 0.1) is 17.6 Å². The molecule has 4 nitrogen and oxygen atoms in total. The highest BCUT2D eigenvalue weighted by atomic mass is 35.5. The van der Waals surface area contributed by atoms with Crippen LogP contribution in [-0.2, 0) is 11.2 Å². The van der Waals surface area contributed by atoms with Crippen molar-refractivity contribution in [2.75, 3.05) is 19.6 Å². The highest BCUT2D eigenvalue weighted by molar-refractivity contribution is 7.09. The number of likely N-dealkylation sites (N-methyl/N-ethyl adjacent to an activating group) is 1. The number of carbonyl (C=O) groups excluding carboxylic acids is 1. The summed E-state index contributed by atoms with van der Waals surface area (Å²) >= 11 is 1.53. The molecule has 1 aromatic rings. The first-order chi connectivity index (χ1) is 9.02. The van der Waals surface area contributed by atoms with Gasteiger partial charge in [-0.1, -0.05) is 0 Å². The van der Waals surface area contributed by atoms with E-state index >= 15 is 0 Å². The third-order valence-corrected chi connectivity index (χ3v) is 4.02. The quantitative estimate of drug-likeness (QED) is 0.900. The van der Waals surface area contributed by atoms with Gasteiger partial charge in [0.2, 0.25) is 5.91 Å². The van der Waals surface area contributed by atoms with E-state index in [0.717, 1.165) is 5.01 Å². The maximum atomic E-state index is 13.1. The monoisotopic (exact) mass is 325 g/mol. The number of hydrogen-bond donors (Lipinski definition) is 1. The highest BCUT2D eigenvalue weighted by Gasteiger charge is 2.43. The molecule has 1 unspecified atom stereocenters. The topological polar surface area (TPSA) is 45.2 Å². The van der Waals surface area contributed by atoms with Gasteiger partial charge in [0.15, 0.2) is 0 Å². The zero-order valence-corrected chi connectivity index (χ0v) is 12.8. The third kappa shape index (κ3) is 4.36. The van der Waals surface area contributed by atoms with Gasteiger partial charge >= 0.3 is 0 Å². The van der Waals surface area contributed by atoms with Crippen LogP contribution in [0.3, 0.4) is 0 Å². The fourth-order valence-corrected chi connectivity index (χ4v) is 2.75. The van der Waals surface area contributed by atoms with E-state index in [-0.39, 0.29) is 18.3 Å². The lowest BCUT2D eigenvalue weighted by molar-refractivity contribution is -0.133. The zero-order chi connectivity index (χ0) is 13.9. The molecule has 20 heavy (non-hydrogen) atoms. The Kier molecular flexibility index (Phi) is 6.29. The Morgan fingerprint density at radius 1 is 1.65 bits per heavy atom. The summed E-state index contributed by atoms with van der Waals surface area (Å²) in [6, 6.07) is -0.758. The minimum absolute atomic E-state index is 0. The van der Waals surface area contributed by atoms with Crippen LogP contribution in [0.25, 0.3) is 0 Å². The van der Waals surface area contributed by atoms with Crippen molar-refractivity contribution in [2.24, 2.45) is 0 Å². The standard InChI is InChI=1S/C12H17F2N3OS.ClH/c1-2-17(5-3-10-15-4-6-19-10)11(18)9-7-12(13,14)8-16-9;/h4,6,9,16H,2-3,5,7-8H2,1H3;1H. The summed E-state index contributed by atoms with van der Waals surface area (Å²) in [6.45, 7) is 2.49. The van der Waals surface area contributed by atoms with Gasteiger partial charge < -0.3 is 4.90 Å². The average Bonchev–Trinajstić information content (AvgIpc) is 2.99. The van der Waals surface area contributed by atoms with E-state index in [4.69, 9.17) is 0 Å². The summed E-state index contributed by atoms with van der Waals surface area (Å²) in [5.41, 5.74) is 0. The first-order valence-corrected chi connectivity index (χ1v) is 7.18. The fourth-order valence-electron chi connectivity index (χ4n) is 2.14. The van der Waals surface area contributed by atoms with Crippen molar-refractivity contribution >= 4 is 29.7 Å². The number of nitrogens with zero attached hydrogens (tertiary/aromatic N) is 2. The molecule has 1 aliphatic rings. The molecule has 0 saturated carbocycles. The van der Waals surface area contributed by atoms with Crippen LogP contribution in [-0.4, -0.2) is 47.4 Å². The van der Waals surface area contributed by atoms with Crippen molar-refractivity contribution in [3.05, 3.63) is 16.6 Å². The lowest BCUT2D eigenvalue weighted by Crippen LogP contribution is -2.44. The van der Waals surface area contributed by atoms with Crippen molar-refractivity contribution in [3.63, 3.8) is 0 Å². The summed E-state index contributed by atoms with van der Waals surface area (Å²) < 4.78 is 26.2. The Morgan fingerprint density at radius 2 is 2.40 bits per heavy atom. The number of nitrogens with one attached hydrogen (secondary N) is 1. The molecule has 1 saturated heterocycles. The molecule has 1 fully saturated rings. The molecule has 2 rings (SSSR count). The van der Waals surface area contributed by atoms with Crippen LogP contribution in [0.15, 0.2) is 11.6 Å². The van der Waals surface area contributed by atoms with Crippen LogP contribution in [0, 0.1) is 0 Å². The van der Waals surface area contributed by atoms with Crippen LogP contribution in [0.5, 0.6) is 0 Å². The molecule has 0 spiro atoms. The van der Waals surface area contributed by atoms with Crippen molar-refractivity contribution in [2.45, 2.75) is 31.7 Å². The normalized spacial score (nSPS) is 20.4. The van der Waals surface area contributed by atoms with E-state index in [1.807, 2.05) is 12.3 Å². The molecule has 0 aromatic carbocycles. The Labute approximate surface area is 127 Å². The minimum Gasteiger partial charge on any atom is -0.341 e. The minimum atomic E-state index is -2.77. The van der Waals surface area contributed by atoms with Crippen LogP contribution < -0.4 is 5.32 Å². The number of carbonyl (C=O) groups is 1. The first kappa shape index (κ1) is 17.3. The first-order valence-electron chi connectivity index (χ1n) is 6.30. The van der Waals surface area contributed by atoms with Crippen LogP contribution in [0.1, 0.15) is 18.4 Å². The van der Waals surface area contributed by atoms with E-state index < -0.39 is 24.9 Å². The number of alkyl halides is 2. The fraction of sp³-hybridized carbons (Fsp3) is 0.667. The van der Waals surface area contributed by atoms with Gasteiger partial charge in [0, 0.05) is 37.5 Å². The largest absolute Gasteiger partial charge is 0.341 e. The Morgan fingerprint density at radius 3 is 2.90 bits per heavy atom. The van der Waals surface area contributed by atoms with Gasteiger partial charge in [-0.05, 0) is 6.92 Å². The van der Waals surface area contributed by atoms with Gasteiger partial charge in [0.25, 0.3) is 5.92 Å². The van der Waals surface area contributed by atoms with E-state index in [1.54, 1.807) is 11.1 Å². The Balaban J connectivity index is 0.00000200. The van der Waals surface area contributed by atoms with Gasteiger partial charge in [0.1, 0.15) is 0 Å². The Bertz CT molecular complexity index is 430. The second kappa shape index (κ2) is 7.28. The third-order valence-electron chi connectivity index (χ3n) is 3.18. The van der Waals surface area contributed by atoms with Crippen molar-refractivity contribution in [1.82, 2.24) is 15.2 Å². The molecule has 0 bridgehead atoms. The van der Waals surface area contributed by atoms with Gasteiger partial charge in [-0.2, -0.15) is 0 Å². The molecule has 114 valence electrons. The second-order valence-electron chi connectivity index (χ2n) is 4.59. The molecule has 2 heterocycles. The summed E-state index contributed by atoms with van der Waals surface area (Å²) in [4.78, 5) is 17.9. The maximum absolute atomic E-state index is 13.1. The van der Waals surface area contributed by atoms with E-state index in [2.05, 4.69) is 10.3 Å². The van der Waals surface area contributed by atoms with Gasteiger partial charge in [-0.25, -0.2) is 13.8 Å². The predicted octanol–water partition coefficient (Wildman–Crippen LogP) is 1.95. The second-order valence-corrected chi connectivity index (χ2v) is 5.57. The molecule has 0 radical (unpaired) electrons. The molecule has 8 heteroatoms. The van der Waals surface area contributed by atoms with Gasteiger partial charge in [-0.3, -0.25) is 10.1 Å². The molecule has 1 N–H and O–H groups in total. The summed E-state index contributed by atoms with van der Waals surface area (Å²) in [7, 11) is 0. The van der Waals surface area contributed by atoms with Crippen molar-refractivity contribution in [1.29, 1.82) is 0 Å². The molecular formula is C12H18ClF2N3OS. The van der Waals surface area contributed by atoms with Crippen molar-refractivity contribution in [3.8, 4) is 0 Å². The SMILES string of the molecule is CCN(CCc1nccs1)C(=O)C1CC(F)(F)CN1.Cl. The number of rotatable bonds is 5. The molecule has 1 aromatic heterocycles. The predicted molar refractivity (Wildman–Crippen MR) is 76.7 cm³/mol. The zero-order valence-electron chi connectivity index (χ0n) is 11.1. The highest BCUT2D eigenvalue weighted by Crippen LogP contribution is 2.26. The molecule has 1 aliphatic heterocycles. The molecule has 1 amide bonds. The van der Waals surface area contributed by atoms with Crippen LogP contribution in [0.4, 0.5) is 8.78 Å². The number of thiazole rings is 1. The van der Waals surface area contributed by atoms with E-state index in [9.17, 15) is 13.6 Å². The van der Waals surface area contributed by atoms with Crippen molar-refractivity contribution < 1.29 is 13.6 Å². The number of aromatic nitrogens is 1. The van der Waals surface area contributed by atoms with Crippen LogP contribution in [0.2, 0.25) is 0 Å². The van der Waals surface area contributed by atoms with Gasteiger partial charge in [-0.15, -0.1) is 23.7 Å². The summed E-state index contributed by atoms with van der Waals surface area (Å²) in [6.07, 6.45) is 1.98. The molecule has 0 aliphatic carbocycles. The van der Waals surface area contributed by atoms with E-state index in [1.165, 1.54) is 11.3 Å². The lowest BCUT2D eigenvalue weighted by atomic mass is 10.1. The van der Waals surface area contributed by atoms with E-state index in [0.29, 0.717) is 19.5 Å². The number of hydrogen-bond acceptors (Lipinski definition) is 4. The lowest BCUT2D eigenvalue weighted by Gasteiger charge is -2.23. The molecule has 1 atom stereocenters. The maximum Gasteiger partial charge on any atom is 0.262 e. The number of amides is 1. The summed E-state index contributed by atoms with van der Waals surface area (Å²) in [5.74, 6) is -3.01.